The van der Waals surface area contributed by atoms with Gasteiger partial charge in [0, 0.05) is 22.4 Å². The predicted octanol–water partition coefficient (Wildman–Crippen LogP) is 4.80. The molecule has 0 bridgehead atoms. The fourth-order valence-corrected chi connectivity index (χ4v) is 4.62. The third kappa shape index (κ3) is 5.37. The van der Waals surface area contributed by atoms with Gasteiger partial charge in [-0.2, -0.15) is 0 Å². The highest BCUT2D eigenvalue weighted by Gasteiger charge is 2.15. The number of hydrogen-bond donors (Lipinski definition) is 1. The van der Waals surface area contributed by atoms with E-state index < -0.39 is 15.7 Å². The van der Waals surface area contributed by atoms with Crippen LogP contribution in [-0.2, 0) is 14.6 Å². The van der Waals surface area contributed by atoms with Crippen molar-refractivity contribution >= 4 is 43.8 Å². The highest BCUT2D eigenvalue weighted by molar-refractivity contribution is 7.91. The van der Waals surface area contributed by atoms with Gasteiger partial charge in [0.2, 0.25) is 5.91 Å². The number of sulfone groups is 1. The third-order valence-electron chi connectivity index (χ3n) is 3.88. The highest BCUT2D eigenvalue weighted by Crippen LogP contribution is 2.26. The molecule has 146 valence electrons. The molecule has 0 aliphatic rings. The van der Waals surface area contributed by atoms with Crippen molar-refractivity contribution in [2.45, 2.75) is 17.7 Å². The predicted molar refractivity (Wildman–Crippen MR) is 109 cm³/mol. The van der Waals surface area contributed by atoms with Gasteiger partial charge in [0.15, 0.2) is 15.0 Å². The Balaban J connectivity index is 1.52. The lowest BCUT2D eigenvalue weighted by Crippen LogP contribution is -2.14. The summed E-state index contributed by atoms with van der Waals surface area (Å²) in [5.41, 5.74) is 1.60. The molecule has 0 fully saturated rings. The Hall–Kier alpha value is -2.29. The van der Waals surface area contributed by atoms with Crippen molar-refractivity contribution in [1.82, 2.24) is 4.98 Å². The number of nitrogens with one attached hydrogen (secondary N) is 1. The Labute approximate surface area is 171 Å². The quantitative estimate of drug-likeness (QED) is 0.538. The number of carbonyl (C=O) groups excluding carboxylic acids is 1. The van der Waals surface area contributed by atoms with Gasteiger partial charge in [-0.1, -0.05) is 23.7 Å². The van der Waals surface area contributed by atoms with Crippen molar-refractivity contribution in [3.63, 3.8) is 0 Å². The number of halogens is 2. The summed E-state index contributed by atoms with van der Waals surface area (Å²) in [4.78, 5) is 16.5. The van der Waals surface area contributed by atoms with Gasteiger partial charge in [0.1, 0.15) is 5.82 Å². The standard InChI is InChI=1S/C19H16ClFN2O3S2/c20-14-5-3-13(4-6-14)17-12-27-19(22-17)23-18(24)2-1-11-28(25,26)16-9-7-15(21)8-10-16/h3-10,12H,1-2,11H2,(H,22,23,24). The van der Waals surface area contributed by atoms with Crippen molar-refractivity contribution in [3.8, 4) is 11.3 Å². The molecule has 1 heterocycles. The fraction of sp³-hybridized carbons (Fsp3) is 0.158. The van der Waals surface area contributed by atoms with Crippen LogP contribution in [0.15, 0.2) is 58.8 Å². The summed E-state index contributed by atoms with van der Waals surface area (Å²) in [6.07, 6.45) is 0.192. The average molecular weight is 439 g/mol. The number of thiazole rings is 1. The Morgan fingerprint density at radius 3 is 2.46 bits per heavy atom. The number of benzene rings is 2. The van der Waals surface area contributed by atoms with E-state index in [0.29, 0.717) is 10.2 Å². The third-order valence-corrected chi connectivity index (χ3v) is 6.71. The van der Waals surface area contributed by atoms with Gasteiger partial charge in [0.25, 0.3) is 0 Å². The summed E-state index contributed by atoms with van der Waals surface area (Å²) in [7, 11) is -3.55. The molecule has 1 aromatic heterocycles. The van der Waals surface area contributed by atoms with E-state index >= 15 is 0 Å². The van der Waals surface area contributed by atoms with Crippen molar-refractivity contribution in [2.75, 3.05) is 11.1 Å². The van der Waals surface area contributed by atoms with E-state index in [1.54, 1.807) is 12.1 Å². The summed E-state index contributed by atoms with van der Waals surface area (Å²) in [5.74, 6) is -1.01. The molecule has 0 aliphatic heterocycles. The molecule has 0 unspecified atom stereocenters. The molecule has 3 aromatic rings. The maximum atomic E-state index is 12.9. The first-order valence-electron chi connectivity index (χ1n) is 8.33. The summed E-state index contributed by atoms with van der Waals surface area (Å²) < 4.78 is 37.3. The number of rotatable bonds is 7. The molecule has 28 heavy (non-hydrogen) atoms. The second kappa shape index (κ2) is 8.81. The van der Waals surface area contributed by atoms with Crippen LogP contribution in [0.1, 0.15) is 12.8 Å². The van der Waals surface area contributed by atoms with E-state index in [0.717, 1.165) is 23.4 Å². The van der Waals surface area contributed by atoms with Gasteiger partial charge in [-0.15, -0.1) is 11.3 Å². The first-order valence-corrected chi connectivity index (χ1v) is 11.2. The molecule has 1 amide bonds. The molecule has 0 spiro atoms. The number of amides is 1. The van der Waals surface area contributed by atoms with Crippen molar-refractivity contribution < 1.29 is 17.6 Å². The molecule has 0 saturated carbocycles. The maximum Gasteiger partial charge on any atom is 0.226 e. The zero-order valence-electron chi connectivity index (χ0n) is 14.6. The van der Waals surface area contributed by atoms with Gasteiger partial charge < -0.3 is 5.32 Å². The second-order valence-corrected chi connectivity index (χ2v) is 9.37. The molecule has 1 N–H and O–H groups in total. The van der Waals surface area contributed by atoms with Gasteiger partial charge in [0.05, 0.1) is 16.3 Å². The van der Waals surface area contributed by atoms with Crippen LogP contribution >= 0.6 is 22.9 Å². The smallest absolute Gasteiger partial charge is 0.226 e. The number of aromatic nitrogens is 1. The van der Waals surface area contributed by atoms with Crippen molar-refractivity contribution in [2.24, 2.45) is 0 Å². The molecule has 2 aromatic carbocycles. The van der Waals surface area contributed by atoms with Crippen LogP contribution in [-0.4, -0.2) is 25.1 Å². The molecule has 0 atom stereocenters. The summed E-state index contributed by atoms with van der Waals surface area (Å²) in [6.45, 7) is 0. The highest BCUT2D eigenvalue weighted by atomic mass is 35.5. The minimum atomic E-state index is -3.55. The molecule has 0 radical (unpaired) electrons. The van der Waals surface area contributed by atoms with E-state index in [1.807, 2.05) is 17.5 Å². The van der Waals surface area contributed by atoms with Crippen LogP contribution in [0.4, 0.5) is 9.52 Å². The topological polar surface area (TPSA) is 76.1 Å². The number of nitrogens with zero attached hydrogens (tertiary/aromatic N) is 1. The van der Waals surface area contributed by atoms with Crippen LogP contribution in [0.3, 0.4) is 0 Å². The Bertz CT molecular complexity index is 1070. The largest absolute Gasteiger partial charge is 0.302 e. The molecule has 3 rings (SSSR count). The minimum absolute atomic E-state index is 0.0380. The van der Waals surface area contributed by atoms with Crippen molar-refractivity contribution in [3.05, 3.63) is 64.8 Å². The Morgan fingerprint density at radius 2 is 1.79 bits per heavy atom. The van der Waals surface area contributed by atoms with E-state index in [4.69, 9.17) is 11.6 Å². The monoisotopic (exact) mass is 438 g/mol. The van der Waals surface area contributed by atoms with Gasteiger partial charge >= 0.3 is 0 Å². The van der Waals surface area contributed by atoms with E-state index in [9.17, 15) is 17.6 Å². The van der Waals surface area contributed by atoms with Gasteiger partial charge in [-0.3, -0.25) is 4.79 Å². The van der Waals surface area contributed by atoms with Crippen LogP contribution < -0.4 is 5.32 Å². The first kappa shape index (κ1) is 20.4. The SMILES string of the molecule is O=C(CCCS(=O)(=O)c1ccc(F)cc1)Nc1nc(-c2ccc(Cl)cc2)cs1. The lowest BCUT2D eigenvalue weighted by molar-refractivity contribution is -0.116. The first-order chi connectivity index (χ1) is 13.3. The molecule has 5 nitrogen and oxygen atoms in total. The van der Waals surface area contributed by atoms with E-state index in [1.165, 1.54) is 23.5 Å². The van der Waals surface area contributed by atoms with Crippen LogP contribution in [0, 0.1) is 5.82 Å². The molecular weight excluding hydrogens is 423 g/mol. The van der Waals surface area contributed by atoms with Gasteiger partial charge in [-0.25, -0.2) is 17.8 Å². The molecule has 9 heteroatoms. The molecule has 0 saturated heterocycles. The fourth-order valence-electron chi connectivity index (χ4n) is 2.45. The Kier molecular flexibility index (Phi) is 6.43. The van der Waals surface area contributed by atoms with Gasteiger partial charge in [-0.05, 0) is 42.8 Å². The summed E-state index contributed by atoms with van der Waals surface area (Å²) in [5, 5.41) is 5.56. The van der Waals surface area contributed by atoms with E-state index in [-0.39, 0.29) is 29.4 Å². The Morgan fingerprint density at radius 1 is 1.11 bits per heavy atom. The zero-order valence-corrected chi connectivity index (χ0v) is 17.0. The molecular formula is C19H16ClFN2O3S2. The number of anilines is 1. The lowest BCUT2D eigenvalue weighted by atomic mass is 10.2. The number of carbonyl (C=O) groups is 1. The molecule has 0 aliphatic carbocycles. The van der Waals surface area contributed by atoms with Crippen molar-refractivity contribution in [1.29, 1.82) is 0 Å². The van der Waals surface area contributed by atoms with Crippen LogP contribution in [0.2, 0.25) is 5.02 Å². The summed E-state index contributed by atoms with van der Waals surface area (Å²) in [6, 6.07) is 11.8. The normalized spacial score (nSPS) is 11.4. The lowest BCUT2D eigenvalue weighted by Gasteiger charge is -2.05. The minimum Gasteiger partial charge on any atom is -0.302 e. The number of hydrogen-bond acceptors (Lipinski definition) is 5. The van der Waals surface area contributed by atoms with Crippen LogP contribution in [0.5, 0.6) is 0 Å². The summed E-state index contributed by atoms with van der Waals surface area (Å²) >= 11 is 7.15. The van der Waals surface area contributed by atoms with E-state index in [2.05, 4.69) is 10.3 Å². The average Bonchev–Trinajstić information content (AvgIpc) is 3.11. The zero-order chi connectivity index (χ0) is 20.1. The maximum absolute atomic E-state index is 12.9. The second-order valence-electron chi connectivity index (χ2n) is 5.97. The van der Waals surface area contributed by atoms with Crippen LogP contribution in [0.25, 0.3) is 11.3 Å².